The fourth-order valence-electron chi connectivity index (χ4n) is 1.54. The summed E-state index contributed by atoms with van der Waals surface area (Å²) in [7, 11) is 0. The maximum absolute atomic E-state index is 6.08. The summed E-state index contributed by atoms with van der Waals surface area (Å²) >= 11 is 9.47. The van der Waals surface area contributed by atoms with Gasteiger partial charge in [0.25, 0.3) is 0 Å². The first kappa shape index (κ1) is 14.7. The summed E-state index contributed by atoms with van der Waals surface area (Å²) in [4.78, 5) is 0. The topological polar surface area (TPSA) is 12.0 Å². The van der Waals surface area contributed by atoms with Gasteiger partial charge in [0.15, 0.2) is 0 Å². The van der Waals surface area contributed by atoms with Crippen molar-refractivity contribution in [2.24, 2.45) is 0 Å². The Morgan fingerprint density at radius 1 is 1.41 bits per heavy atom. The fraction of sp³-hybridized carbons (Fsp3) is 0.429. The van der Waals surface area contributed by atoms with Crippen LogP contribution in [0, 0.1) is 0 Å². The lowest BCUT2D eigenvalue weighted by Crippen LogP contribution is -2.17. The first-order valence-corrected chi connectivity index (χ1v) is 7.19. The Morgan fingerprint density at radius 3 is 2.76 bits per heavy atom. The Labute approximate surface area is 117 Å². The Hall–Kier alpha value is -0.310. The molecular weight excluding hydrogens is 298 g/mol. The molecule has 3 heteroatoms. The summed E-state index contributed by atoms with van der Waals surface area (Å²) in [5.41, 5.74) is 2.56. The van der Waals surface area contributed by atoms with E-state index in [-0.39, 0.29) is 0 Å². The molecule has 0 aliphatic carbocycles. The van der Waals surface area contributed by atoms with Gasteiger partial charge >= 0.3 is 0 Å². The van der Waals surface area contributed by atoms with Crippen molar-refractivity contribution in [1.82, 2.24) is 5.32 Å². The van der Waals surface area contributed by atoms with Gasteiger partial charge in [-0.3, -0.25) is 0 Å². The molecule has 0 saturated heterocycles. The number of benzene rings is 1. The van der Waals surface area contributed by atoms with Crippen molar-refractivity contribution in [2.75, 3.05) is 13.1 Å². The predicted molar refractivity (Wildman–Crippen MR) is 80.6 cm³/mol. The van der Waals surface area contributed by atoms with Crippen LogP contribution < -0.4 is 5.32 Å². The van der Waals surface area contributed by atoms with E-state index in [9.17, 15) is 0 Å². The zero-order valence-corrected chi connectivity index (χ0v) is 12.7. The molecule has 0 atom stereocenters. The molecular formula is C14H19BrClN. The van der Waals surface area contributed by atoms with Gasteiger partial charge in [-0.1, -0.05) is 43.2 Å². The normalized spacial score (nSPS) is 11.9. The van der Waals surface area contributed by atoms with E-state index in [0.717, 1.165) is 34.6 Å². The fourth-order valence-corrected chi connectivity index (χ4v) is 1.98. The Kier molecular flexibility index (Phi) is 6.86. The Bertz CT molecular complexity index is 388. The van der Waals surface area contributed by atoms with Crippen LogP contribution in [-0.2, 0) is 0 Å². The molecule has 0 aromatic heterocycles. The summed E-state index contributed by atoms with van der Waals surface area (Å²) in [5, 5.41) is 4.18. The molecule has 1 rings (SSSR count). The first-order valence-electron chi connectivity index (χ1n) is 6.02. The largest absolute Gasteiger partial charge is 0.313 e. The van der Waals surface area contributed by atoms with Gasteiger partial charge in [-0.15, -0.1) is 0 Å². The second-order valence-electron chi connectivity index (χ2n) is 4.01. The van der Waals surface area contributed by atoms with Crippen molar-refractivity contribution >= 4 is 33.6 Å². The van der Waals surface area contributed by atoms with Crippen LogP contribution in [0.25, 0.3) is 6.08 Å². The highest BCUT2D eigenvalue weighted by atomic mass is 79.9. The van der Waals surface area contributed by atoms with Gasteiger partial charge in [-0.05, 0) is 53.0 Å². The number of hydrogen-bond acceptors (Lipinski definition) is 1. The summed E-state index contributed by atoms with van der Waals surface area (Å²) in [5.74, 6) is 0. The first-order chi connectivity index (χ1) is 8.17. The van der Waals surface area contributed by atoms with Crippen molar-refractivity contribution in [3.63, 3.8) is 0 Å². The summed E-state index contributed by atoms with van der Waals surface area (Å²) < 4.78 is 0.943. The molecule has 0 spiro atoms. The third kappa shape index (κ3) is 5.24. The van der Waals surface area contributed by atoms with Crippen LogP contribution in [0.15, 0.2) is 28.2 Å². The van der Waals surface area contributed by atoms with E-state index >= 15 is 0 Å². The van der Waals surface area contributed by atoms with Gasteiger partial charge in [-0.2, -0.15) is 0 Å². The van der Waals surface area contributed by atoms with Gasteiger partial charge < -0.3 is 5.32 Å². The molecule has 0 fully saturated rings. The van der Waals surface area contributed by atoms with Crippen LogP contribution in [0.5, 0.6) is 0 Å². The minimum atomic E-state index is 0.760. The van der Waals surface area contributed by atoms with Crippen molar-refractivity contribution in [3.05, 3.63) is 38.8 Å². The van der Waals surface area contributed by atoms with Crippen LogP contribution in [0.3, 0.4) is 0 Å². The van der Waals surface area contributed by atoms with Crippen molar-refractivity contribution in [1.29, 1.82) is 0 Å². The van der Waals surface area contributed by atoms with Gasteiger partial charge in [0.1, 0.15) is 0 Å². The highest BCUT2D eigenvalue weighted by Gasteiger charge is 1.99. The van der Waals surface area contributed by atoms with E-state index in [0.29, 0.717) is 0 Å². The molecule has 94 valence electrons. The molecule has 1 aromatic rings. The molecule has 17 heavy (non-hydrogen) atoms. The van der Waals surface area contributed by atoms with E-state index < -0.39 is 0 Å². The summed E-state index contributed by atoms with van der Waals surface area (Å²) in [6.07, 6.45) is 4.44. The molecule has 0 radical (unpaired) electrons. The highest BCUT2D eigenvalue weighted by Crippen LogP contribution is 2.24. The SMILES string of the molecule is CCCNC/C(=C/c1ccc(Br)c(Cl)c1)CC. The van der Waals surface area contributed by atoms with Gasteiger partial charge in [0.2, 0.25) is 0 Å². The average molecular weight is 317 g/mol. The monoisotopic (exact) mass is 315 g/mol. The quantitative estimate of drug-likeness (QED) is 0.736. The molecule has 0 heterocycles. The Balaban J connectivity index is 2.72. The molecule has 0 unspecified atom stereocenters. The molecule has 1 nitrogen and oxygen atoms in total. The number of rotatable bonds is 6. The van der Waals surface area contributed by atoms with Crippen molar-refractivity contribution in [2.45, 2.75) is 26.7 Å². The third-order valence-electron chi connectivity index (χ3n) is 2.55. The third-order valence-corrected chi connectivity index (χ3v) is 3.78. The van der Waals surface area contributed by atoms with E-state index in [4.69, 9.17) is 11.6 Å². The lowest BCUT2D eigenvalue weighted by Gasteiger charge is -2.07. The minimum Gasteiger partial charge on any atom is -0.313 e. The lowest BCUT2D eigenvalue weighted by molar-refractivity contribution is 0.706. The molecule has 0 saturated carbocycles. The van der Waals surface area contributed by atoms with E-state index in [1.54, 1.807) is 0 Å². The van der Waals surface area contributed by atoms with Crippen LogP contribution in [0.4, 0.5) is 0 Å². The molecule has 1 N–H and O–H groups in total. The van der Waals surface area contributed by atoms with Gasteiger partial charge in [0, 0.05) is 11.0 Å². The molecule has 1 aromatic carbocycles. The molecule has 0 amide bonds. The minimum absolute atomic E-state index is 0.760. The van der Waals surface area contributed by atoms with E-state index in [1.807, 2.05) is 12.1 Å². The van der Waals surface area contributed by atoms with Crippen molar-refractivity contribution < 1.29 is 0 Å². The molecule has 0 aliphatic rings. The maximum atomic E-state index is 6.08. The second kappa shape index (κ2) is 7.91. The second-order valence-corrected chi connectivity index (χ2v) is 5.27. The number of hydrogen-bond donors (Lipinski definition) is 1. The van der Waals surface area contributed by atoms with Crippen molar-refractivity contribution in [3.8, 4) is 0 Å². The smallest absolute Gasteiger partial charge is 0.0554 e. The van der Waals surface area contributed by atoms with Crippen LogP contribution in [0.2, 0.25) is 5.02 Å². The number of halogens is 2. The highest BCUT2D eigenvalue weighted by molar-refractivity contribution is 9.10. The molecule has 0 bridgehead atoms. The summed E-state index contributed by atoms with van der Waals surface area (Å²) in [6, 6.07) is 6.05. The van der Waals surface area contributed by atoms with Gasteiger partial charge in [-0.25, -0.2) is 0 Å². The van der Waals surface area contributed by atoms with Crippen LogP contribution in [-0.4, -0.2) is 13.1 Å². The zero-order valence-electron chi connectivity index (χ0n) is 10.4. The van der Waals surface area contributed by atoms with E-state index in [1.165, 1.54) is 12.0 Å². The van der Waals surface area contributed by atoms with E-state index in [2.05, 4.69) is 47.2 Å². The van der Waals surface area contributed by atoms with Gasteiger partial charge in [0.05, 0.1) is 5.02 Å². The Morgan fingerprint density at radius 2 is 2.18 bits per heavy atom. The number of nitrogens with one attached hydrogen (secondary N) is 1. The maximum Gasteiger partial charge on any atom is 0.0554 e. The van der Waals surface area contributed by atoms with Crippen LogP contribution in [0.1, 0.15) is 32.3 Å². The zero-order chi connectivity index (χ0) is 12.7. The average Bonchev–Trinajstić information content (AvgIpc) is 2.32. The van der Waals surface area contributed by atoms with Crippen LogP contribution >= 0.6 is 27.5 Å². The molecule has 0 aliphatic heterocycles. The predicted octanol–water partition coefficient (Wildman–Crippen LogP) is 4.90. The lowest BCUT2D eigenvalue weighted by atomic mass is 10.1. The summed E-state index contributed by atoms with van der Waals surface area (Å²) in [6.45, 7) is 6.38. The standard InChI is InChI=1S/C14H19BrClN/c1-3-7-17-10-11(4-2)8-12-5-6-13(15)14(16)9-12/h5-6,8-9,17H,3-4,7,10H2,1-2H3/b11-8+.